The zero-order chi connectivity index (χ0) is 14.7. The van der Waals surface area contributed by atoms with Gasteiger partial charge in [0.2, 0.25) is 0 Å². The van der Waals surface area contributed by atoms with E-state index in [0.29, 0.717) is 0 Å². The second kappa shape index (κ2) is 5.83. The number of nitrogens with two attached hydrogens (primary N) is 1. The molecule has 0 spiro atoms. The fraction of sp³-hybridized carbons (Fsp3) is 0.167. The molecule has 0 amide bonds. The fourth-order valence-corrected chi connectivity index (χ4v) is 2.61. The van der Waals surface area contributed by atoms with E-state index in [9.17, 15) is 0 Å². The Morgan fingerprint density at radius 2 is 1.81 bits per heavy atom. The first-order valence-corrected chi connectivity index (χ1v) is 7.21. The van der Waals surface area contributed by atoms with Crippen molar-refractivity contribution in [3.63, 3.8) is 0 Å². The molecule has 106 valence electrons. The first-order chi connectivity index (χ1) is 10.3. The summed E-state index contributed by atoms with van der Waals surface area (Å²) in [7, 11) is 0. The number of benzene rings is 2. The van der Waals surface area contributed by atoms with Crippen molar-refractivity contribution >= 4 is 22.3 Å². The molecule has 2 N–H and O–H groups in total. The van der Waals surface area contributed by atoms with Crippen LogP contribution < -0.4 is 10.6 Å². The predicted octanol–water partition coefficient (Wildman–Crippen LogP) is 3.84. The van der Waals surface area contributed by atoms with E-state index in [1.165, 1.54) is 5.56 Å². The zero-order valence-electron chi connectivity index (χ0n) is 12.2. The van der Waals surface area contributed by atoms with Gasteiger partial charge in [-0.25, -0.2) is 0 Å². The third kappa shape index (κ3) is 2.68. The van der Waals surface area contributed by atoms with Gasteiger partial charge in [0.05, 0.1) is 11.2 Å². The Morgan fingerprint density at radius 3 is 2.57 bits per heavy atom. The van der Waals surface area contributed by atoms with Crippen LogP contribution in [0.15, 0.2) is 60.8 Å². The minimum Gasteiger partial charge on any atom is -0.398 e. The number of hydrogen-bond acceptors (Lipinski definition) is 3. The van der Waals surface area contributed by atoms with Gasteiger partial charge in [0.1, 0.15) is 0 Å². The molecule has 0 fully saturated rings. The number of pyridine rings is 1. The topological polar surface area (TPSA) is 42.1 Å². The van der Waals surface area contributed by atoms with Crippen molar-refractivity contribution in [3.8, 4) is 0 Å². The molecule has 0 aliphatic heterocycles. The second-order valence-corrected chi connectivity index (χ2v) is 5.07. The number of nitrogen functional groups attached to an aromatic ring is 1. The Hall–Kier alpha value is -2.55. The molecule has 0 unspecified atom stereocenters. The molecule has 3 heteroatoms. The van der Waals surface area contributed by atoms with Gasteiger partial charge in [0, 0.05) is 30.4 Å². The molecule has 0 aliphatic rings. The van der Waals surface area contributed by atoms with E-state index < -0.39 is 0 Å². The monoisotopic (exact) mass is 277 g/mol. The molecule has 0 saturated heterocycles. The minimum atomic E-state index is 0.776. The van der Waals surface area contributed by atoms with Crippen molar-refractivity contribution in [2.24, 2.45) is 0 Å². The third-order valence-electron chi connectivity index (χ3n) is 3.72. The highest BCUT2D eigenvalue weighted by Crippen LogP contribution is 2.29. The van der Waals surface area contributed by atoms with E-state index in [0.717, 1.165) is 35.4 Å². The van der Waals surface area contributed by atoms with Gasteiger partial charge >= 0.3 is 0 Å². The van der Waals surface area contributed by atoms with Crippen molar-refractivity contribution < 1.29 is 0 Å². The Balaban J connectivity index is 2.03. The smallest absolute Gasteiger partial charge is 0.0956 e. The number of hydrogen-bond donors (Lipinski definition) is 1. The summed E-state index contributed by atoms with van der Waals surface area (Å²) in [5, 5.41) is 1.02. The van der Waals surface area contributed by atoms with Crippen LogP contribution in [0.5, 0.6) is 0 Å². The molecule has 0 atom stereocenters. The minimum absolute atomic E-state index is 0.776. The number of nitrogens with zero attached hydrogens (tertiary/aromatic N) is 2. The van der Waals surface area contributed by atoms with Crippen LogP contribution in [0.2, 0.25) is 0 Å². The van der Waals surface area contributed by atoms with Crippen LogP contribution in [0.25, 0.3) is 10.9 Å². The highest BCUT2D eigenvalue weighted by Gasteiger charge is 2.11. The van der Waals surface area contributed by atoms with Crippen LogP contribution in [0, 0.1) is 0 Å². The highest BCUT2D eigenvalue weighted by atomic mass is 15.1. The molecular weight excluding hydrogens is 258 g/mol. The summed E-state index contributed by atoms with van der Waals surface area (Å²) in [6, 6.07) is 18.5. The van der Waals surface area contributed by atoms with Crippen molar-refractivity contribution in [2.45, 2.75) is 13.5 Å². The average Bonchev–Trinajstić information content (AvgIpc) is 2.55. The van der Waals surface area contributed by atoms with E-state index in [2.05, 4.69) is 47.1 Å². The van der Waals surface area contributed by atoms with Gasteiger partial charge in [-0.3, -0.25) is 4.98 Å². The lowest BCUT2D eigenvalue weighted by Crippen LogP contribution is -2.22. The summed E-state index contributed by atoms with van der Waals surface area (Å²) in [5.74, 6) is 0. The van der Waals surface area contributed by atoms with E-state index in [4.69, 9.17) is 5.73 Å². The van der Waals surface area contributed by atoms with Gasteiger partial charge in [-0.2, -0.15) is 0 Å². The van der Waals surface area contributed by atoms with Crippen molar-refractivity contribution in [1.82, 2.24) is 4.98 Å². The maximum absolute atomic E-state index is 6.06. The lowest BCUT2D eigenvalue weighted by molar-refractivity contribution is 0.834. The molecule has 3 aromatic rings. The summed E-state index contributed by atoms with van der Waals surface area (Å²) in [5.41, 5.74) is 10.2. The summed E-state index contributed by atoms with van der Waals surface area (Å²) in [4.78, 5) is 6.85. The van der Waals surface area contributed by atoms with Crippen molar-refractivity contribution in [3.05, 3.63) is 66.4 Å². The van der Waals surface area contributed by atoms with Gasteiger partial charge in [0.25, 0.3) is 0 Å². The molecule has 0 bridgehead atoms. The molecular formula is C18H19N3. The predicted molar refractivity (Wildman–Crippen MR) is 89.3 cm³/mol. The maximum atomic E-state index is 6.06. The highest BCUT2D eigenvalue weighted by molar-refractivity contribution is 5.98. The van der Waals surface area contributed by atoms with Crippen molar-refractivity contribution in [2.75, 3.05) is 17.2 Å². The molecule has 0 saturated carbocycles. The first kappa shape index (κ1) is 13.4. The standard InChI is InChI=1S/C18H19N3/c1-2-21(13-14-7-4-3-5-8-14)17-11-10-16(19)15-9-6-12-20-18(15)17/h3-12H,2,13,19H2,1H3. The van der Waals surface area contributed by atoms with Crippen LogP contribution >= 0.6 is 0 Å². The Kier molecular flexibility index (Phi) is 3.73. The lowest BCUT2D eigenvalue weighted by atomic mass is 10.1. The van der Waals surface area contributed by atoms with Gasteiger partial charge < -0.3 is 10.6 Å². The summed E-state index contributed by atoms with van der Waals surface area (Å²) in [6.45, 7) is 3.95. The summed E-state index contributed by atoms with van der Waals surface area (Å²) in [6.07, 6.45) is 1.82. The zero-order valence-corrected chi connectivity index (χ0v) is 12.2. The normalized spacial score (nSPS) is 10.7. The molecule has 0 radical (unpaired) electrons. The molecule has 21 heavy (non-hydrogen) atoms. The Bertz CT molecular complexity index is 738. The van der Waals surface area contributed by atoms with Crippen LogP contribution in [-0.4, -0.2) is 11.5 Å². The second-order valence-electron chi connectivity index (χ2n) is 5.07. The number of fused-ring (bicyclic) bond motifs is 1. The van der Waals surface area contributed by atoms with Gasteiger partial charge in [0.15, 0.2) is 0 Å². The van der Waals surface area contributed by atoms with Gasteiger partial charge in [-0.1, -0.05) is 30.3 Å². The lowest BCUT2D eigenvalue weighted by Gasteiger charge is -2.24. The third-order valence-corrected chi connectivity index (χ3v) is 3.72. The maximum Gasteiger partial charge on any atom is 0.0956 e. The molecule has 1 heterocycles. The average molecular weight is 277 g/mol. The van der Waals surface area contributed by atoms with E-state index in [1.54, 1.807) is 0 Å². The van der Waals surface area contributed by atoms with E-state index in [-0.39, 0.29) is 0 Å². The molecule has 0 aliphatic carbocycles. The SMILES string of the molecule is CCN(Cc1ccccc1)c1ccc(N)c2cccnc12. The Labute approximate surface area is 125 Å². The van der Waals surface area contributed by atoms with Crippen LogP contribution in [0.1, 0.15) is 12.5 Å². The van der Waals surface area contributed by atoms with Crippen LogP contribution in [0.4, 0.5) is 11.4 Å². The Morgan fingerprint density at radius 1 is 1.00 bits per heavy atom. The molecule has 3 rings (SSSR count). The van der Waals surface area contributed by atoms with Crippen molar-refractivity contribution in [1.29, 1.82) is 0 Å². The fourth-order valence-electron chi connectivity index (χ4n) is 2.61. The molecule has 3 nitrogen and oxygen atoms in total. The summed E-state index contributed by atoms with van der Waals surface area (Å²) >= 11 is 0. The number of aromatic nitrogens is 1. The number of rotatable bonds is 4. The van der Waals surface area contributed by atoms with E-state index in [1.807, 2.05) is 30.5 Å². The van der Waals surface area contributed by atoms with Crippen LogP contribution in [-0.2, 0) is 6.54 Å². The first-order valence-electron chi connectivity index (χ1n) is 7.21. The summed E-state index contributed by atoms with van der Waals surface area (Å²) < 4.78 is 0. The van der Waals surface area contributed by atoms with Gasteiger partial charge in [-0.15, -0.1) is 0 Å². The quantitative estimate of drug-likeness (QED) is 0.737. The molecule has 2 aromatic carbocycles. The largest absolute Gasteiger partial charge is 0.398 e. The van der Waals surface area contributed by atoms with E-state index >= 15 is 0 Å². The number of anilines is 2. The van der Waals surface area contributed by atoms with Gasteiger partial charge in [-0.05, 0) is 36.8 Å². The molecule has 1 aromatic heterocycles. The van der Waals surface area contributed by atoms with Crippen LogP contribution in [0.3, 0.4) is 0 Å².